The number of nitrogens with one attached hydrogen (secondary N) is 2. The normalized spacial score (nSPS) is 19.8. The first kappa shape index (κ1) is 13.9. The molecule has 0 radical (unpaired) electrons. The molecule has 1 amide bonds. The molecule has 1 aliphatic heterocycles. The lowest BCUT2D eigenvalue weighted by Crippen LogP contribution is -2.44. The Morgan fingerprint density at radius 2 is 2.00 bits per heavy atom. The van der Waals surface area contributed by atoms with Gasteiger partial charge in [0.15, 0.2) is 9.84 Å². The Bertz CT molecular complexity index is 552. The van der Waals surface area contributed by atoms with Gasteiger partial charge in [0.2, 0.25) is 5.91 Å². The zero-order chi connectivity index (χ0) is 13.9. The average Bonchev–Trinajstić information content (AvgIpc) is 2.42. The molecule has 0 saturated carbocycles. The van der Waals surface area contributed by atoms with Gasteiger partial charge in [0.1, 0.15) is 6.04 Å². The Hall–Kier alpha value is -1.56. The first-order chi connectivity index (χ1) is 9.03. The molecular weight excluding hydrogens is 264 g/mol. The van der Waals surface area contributed by atoms with Gasteiger partial charge in [0.25, 0.3) is 0 Å². The number of carbonyl (C=O) groups excluding carboxylic acids is 1. The van der Waals surface area contributed by atoms with E-state index in [0.717, 1.165) is 25.1 Å². The third-order valence-corrected chi connectivity index (χ3v) is 4.97. The SMILES string of the molecule is CCS(=O)(=O)c1ccc(NC2CCCNC2=O)cc1. The van der Waals surface area contributed by atoms with Gasteiger partial charge in [0.05, 0.1) is 10.6 Å². The summed E-state index contributed by atoms with van der Waals surface area (Å²) >= 11 is 0. The lowest BCUT2D eigenvalue weighted by Gasteiger charge is -2.23. The zero-order valence-electron chi connectivity index (χ0n) is 10.8. The van der Waals surface area contributed by atoms with Crippen molar-refractivity contribution < 1.29 is 13.2 Å². The summed E-state index contributed by atoms with van der Waals surface area (Å²) in [6, 6.07) is 6.31. The van der Waals surface area contributed by atoms with E-state index in [-0.39, 0.29) is 17.7 Å². The molecule has 1 saturated heterocycles. The van der Waals surface area contributed by atoms with Gasteiger partial charge in [-0.1, -0.05) is 6.92 Å². The molecular formula is C13H18N2O3S. The van der Waals surface area contributed by atoms with Crippen LogP contribution < -0.4 is 10.6 Å². The molecule has 6 heteroatoms. The number of sulfone groups is 1. The van der Waals surface area contributed by atoms with E-state index in [9.17, 15) is 13.2 Å². The van der Waals surface area contributed by atoms with Gasteiger partial charge in [-0.15, -0.1) is 0 Å². The highest BCUT2D eigenvalue weighted by Crippen LogP contribution is 2.17. The number of amides is 1. The molecule has 2 N–H and O–H groups in total. The van der Waals surface area contributed by atoms with E-state index < -0.39 is 9.84 Å². The molecule has 1 unspecified atom stereocenters. The summed E-state index contributed by atoms with van der Waals surface area (Å²) in [5, 5.41) is 5.92. The Morgan fingerprint density at radius 1 is 1.32 bits per heavy atom. The highest BCUT2D eigenvalue weighted by atomic mass is 32.2. The summed E-state index contributed by atoms with van der Waals surface area (Å²) in [4.78, 5) is 11.9. The fourth-order valence-electron chi connectivity index (χ4n) is 2.04. The maximum Gasteiger partial charge on any atom is 0.242 e. The highest BCUT2D eigenvalue weighted by molar-refractivity contribution is 7.91. The summed E-state index contributed by atoms with van der Waals surface area (Å²) in [6.07, 6.45) is 1.74. The van der Waals surface area contributed by atoms with Crippen molar-refractivity contribution in [3.63, 3.8) is 0 Å². The number of benzene rings is 1. The van der Waals surface area contributed by atoms with E-state index >= 15 is 0 Å². The molecule has 19 heavy (non-hydrogen) atoms. The second kappa shape index (κ2) is 5.61. The van der Waals surface area contributed by atoms with Crippen LogP contribution in [0, 0.1) is 0 Å². The maximum absolute atomic E-state index is 11.7. The van der Waals surface area contributed by atoms with Crippen LogP contribution >= 0.6 is 0 Å². The third kappa shape index (κ3) is 3.26. The second-order valence-corrected chi connectivity index (χ2v) is 6.84. The van der Waals surface area contributed by atoms with E-state index in [1.165, 1.54) is 0 Å². The van der Waals surface area contributed by atoms with Crippen molar-refractivity contribution in [3.05, 3.63) is 24.3 Å². The van der Waals surface area contributed by atoms with E-state index in [4.69, 9.17) is 0 Å². The summed E-state index contributed by atoms with van der Waals surface area (Å²) in [5.41, 5.74) is 0.761. The van der Waals surface area contributed by atoms with Crippen molar-refractivity contribution in [2.24, 2.45) is 0 Å². The second-order valence-electron chi connectivity index (χ2n) is 4.56. The van der Waals surface area contributed by atoms with Crippen LogP contribution in [0.4, 0.5) is 5.69 Å². The average molecular weight is 282 g/mol. The van der Waals surface area contributed by atoms with Crippen molar-refractivity contribution in [2.75, 3.05) is 17.6 Å². The first-order valence-corrected chi connectivity index (χ1v) is 8.05. The molecule has 5 nitrogen and oxygen atoms in total. The number of anilines is 1. The number of hydrogen-bond acceptors (Lipinski definition) is 4. The summed E-state index contributed by atoms with van der Waals surface area (Å²) in [6.45, 7) is 2.35. The molecule has 1 atom stereocenters. The number of carbonyl (C=O) groups is 1. The van der Waals surface area contributed by atoms with Gasteiger partial charge in [-0.3, -0.25) is 4.79 Å². The minimum atomic E-state index is -3.17. The van der Waals surface area contributed by atoms with Gasteiger partial charge in [-0.25, -0.2) is 8.42 Å². The molecule has 1 aromatic rings. The summed E-state index contributed by atoms with van der Waals surface area (Å²) < 4.78 is 23.3. The van der Waals surface area contributed by atoms with Crippen LogP contribution in [-0.2, 0) is 14.6 Å². The molecule has 0 spiro atoms. The molecule has 1 fully saturated rings. The smallest absolute Gasteiger partial charge is 0.242 e. The zero-order valence-corrected chi connectivity index (χ0v) is 11.7. The van der Waals surface area contributed by atoms with Crippen LogP contribution in [0.3, 0.4) is 0 Å². The molecule has 0 bridgehead atoms. The minimum Gasteiger partial charge on any atom is -0.374 e. The predicted molar refractivity (Wildman–Crippen MR) is 73.8 cm³/mol. The quantitative estimate of drug-likeness (QED) is 0.869. The van der Waals surface area contributed by atoms with Crippen LogP contribution in [0.1, 0.15) is 19.8 Å². The molecule has 1 aromatic carbocycles. The lowest BCUT2D eigenvalue weighted by molar-refractivity contribution is -0.123. The van der Waals surface area contributed by atoms with Crippen LogP contribution in [0.2, 0.25) is 0 Å². The number of hydrogen-bond donors (Lipinski definition) is 2. The van der Waals surface area contributed by atoms with Crippen LogP contribution in [0.25, 0.3) is 0 Å². The highest BCUT2D eigenvalue weighted by Gasteiger charge is 2.21. The van der Waals surface area contributed by atoms with E-state index in [2.05, 4.69) is 10.6 Å². The van der Waals surface area contributed by atoms with Gasteiger partial charge in [0, 0.05) is 12.2 Å². The Morgan fingerprint density at radius 3 is 2.58 bits per heavy atom. The standard InChI is InChI=1S/C13H18N2O3S/c1-2-19(17,18)11-7-5-10(6-8-11)15-12-4-3-9-14-13(12)16/h5-8,12,15H,2-4,9H2,1H3,(H,14,16). The Kier molecular flexibility index (Phi) is 4.09. The van der Waals surface area contributed by atoms with Gasteiger partial charge in [-0.2, -0.15) is 0 Å². The van der Waals surface area contributed by atoms with Crippen molar-refractivity contribution in [2.45, 2.75) is 30.7 Å². The first-order valence-electron chi connectivity index (χ1n) is 6.40. The summed E-state index contributed by atoms with van der Waals surface area (Å²) in [5.74, 6) is 0.0849. The molecule has 0 aliphatic carbocycles. The van der Waals surface area contributed by atoms with Crippen molar-refractivity contribution >= 4 is 21.4 Å². The lowest BCUT2D eigenvalue weighted by atomic mass is 10.1. The number of piperidine rings is 1. The van der Waals surface area contributed by atoms with Crippen molar-refractivity contribution in [1.29, 1.82) is 0 Å². The van der Waals surface area contributed by atoms with E-state index in [1.807, 2.05) is 0 Å². The Balaban J connectivity index is 2.09. The molecule has 2 rings (SSSR count). The van der Waals surface area contributed by atoms with Crippen LogP contribution in [-0.4, -0.2) is 32.7 Å². The molecule has 0 aromatic heterocycles. The van der Waals surface area contributed by atoms with Crippen LogP contribution in [0.15, 0.2) is 29.2 Å². The van der Waals surface area contributed by atoms with Crippen molar-refractivity contribution in [3.8, 4) is 0 Å². The van der Waals surface area contributed by atoms with E-state index in [1.54, 1.807) is 31.2 Å². The van der Waals surface area contributed by atoms with Crippen molar-refractivity contribution in [1.82, 2.24) is 5.32 Å². The van der Waals surface area contributed by atoms with Crippen LogP contribution in [0.5, 0.6) is 0 Å². The topological polar surface area (TPSA) is 75.3 Å². The van der Waals surface area contributed by atoms with E-state index in [0.29, 0.717) is 4.90 Å². The predicted octanol–water partition coefficient (Wildman–Crippen LogP) is 1.17. The monoisotopic (exact) mass is 282 g/mol. The number of rotatable bonds is 4. The fourth-order valence-corrected chi connectivity index (χ4v) is 2.92. The summed E-state index contributed by atoms with van der Waals surface area (Å²) in [7, 11) is -3.17. The molecule has 1 heterocycles. The Labute approximate surface area is 113 Å². The van der Waals surface area contributed by atoms with Gasteiger partial charge < -0.3 is 10.6 Å². The molecule has 104 valence electrons. The molecule has 1 aliphatic rings. The largest absolute Gasteiger partial charge is 0.374 e. The third-order valence-electron chi connectivity index (χ3n) is 3.22. The van der Waals surface area contributed by atoms with Gasteiger partial charge in [-0.05, 0) is 37.1 Å². The fraction of sp³-hybridized carbons (Fsp3) is 0.462. The minimum absolute atomic E-state index is 0.00323. The maximum atomic E-state index is 11.7. The van der Waals surface area contributed by atoms with Gasteiger partial charge >= 0.3 is 0 Å².